The molecular weight excluding hydrogens is 363 g/mol. The molecule has 1 fully saturated rings. The van der Waals surface area contributed by atoms with Gasteiger partial charge in [-0.1, -0.05) is 18.2 Å². The van der Waals surface area contributed by atoms with E-state index in [0.717, 1.165) is 12.1 Å². The van der Waals surface area contributed by atoms with Gasteiger partial charge in [-0.05, 0) is 18.1 Å². The molecule has 0 radical (unpaired) electrons. The Balaban J connectivity index is 2.01. The van der Waals surface area contributed by atoms with Crippen molar-refractivity contribution >= 4 is 11.8 Å². The van der Waals surface area contributed by atoms with Gasteiger partial charge in [0.05, 0.1) is 18.0 Å². The molecule has 2 amide bonds. The zero-order valence-corrected chi connectivity index (χ0v) is 15.1. The van der Waals surface area contributed by atoms with Crippen LogP contribution in [0, 0.1) is 0 Å². The normalized spacial score (nSPS) is 18.2. The predicted molar refractivity (Wildman–Crippen MR) is 92.8 cm³/mol. The van der Waals surface area contributed by atoms with Gasteiger partial charge < -0.3 is 15.4 Å². The van der Waals surface area contributed by atoms with Crippen molar-refractivity contribution in [2.45, 2.75) is 31.6 Å². The van der Waals surface area contributed by atoms with Crippen LogP contribution in [0.4, 0.5) is 13.2 Å². The number of benzene rings is 1. The number of methoxy groups -OCH3 is 1. The van der Waals surface area contributed by atoms with Crippen LogP contribution in [0.5, 0.6) is 0 Å². The standard InChI is InChI=1S/C18H24F3N3O3/c1-27-9-3-6-22-16(25)11-15-17(26)23-7-8-24(15)12-13-4-2-5-14(10-13)18(19,20)21/h2,4-5,10,15H,3,6-9,11-12H2,1H3,(H,22,25)(H,23,26)/t15-/m0/s1. The first-order valence-electron chi connectivity index (χ1n) is 8.75. The number of alkyl halides is 3. The molecule has 0 aromatic heterocycles. The van der Waals surface area contributed by atoms with Crippen molar-refractivity contribution in [3.63, 3.8) is 0 Å². The summed E-state index contributed by atoms with van der Waals surface area (Å²) in [5.41, 5.74) is -0.279. The van der Waals surface area contributed by atoms with Crippen molar-refractivity contribution in [2.24, 2.45) is 0 Å². The number of carbonyl (C=O) groups excluding carboxylic acids is 2. The van der Waals surface area contributed by atoms with Gasteiger partial charge in [-0.2, -0.15) is 13.2 Å². The summed E-state index contributed by atoms with van der Waals surface area (Å²) in [7, 11) is 1.57. The van der Waals surface area contributed by atoms with Crippen molar-refractivity contribution in [1.82, 2.24) is 15.5 Å². The van der Waals surface area contributed by atoms with E-state index in [9.17, 15) is 22.8 Å². The van der Waals surface area contributed by atoms with Crippen LogP contribution in [-0.4, -0.2) is 56.1 Å². The summed E-state index contributed by atoms with van der Waals surface area (Å²) in [4.78, 5) is 26.0. The van der Waals surface area contributed by atoms with Crippen LogP contribution in [0.1, 0.15) is 24.0 Å². The molecule has 1 heterocycles. The Morgan fingerprint density at radius 2 is 2.19 bits per heavy atom. The minimum atomic E-state index is -4.42. The van der Waals surface area contributed by atoms with Crippen molar-refractivity contribution in [1.29, 1.82) is 0 Å². The van der Waals surface area contributed by atoms with E-state index in [-0.39, 0.29) is 24.8 Å². The molecule has 1 aliphatic heterocycles. The highest BCUT2D eigenvalue weighted by molar-refractivity contribution is 5.88. The highest BCUT2D eigenvalue weighted by Crippen LogP contribution is 2.30. The molecule has 9 heteroatoms. The number of halogens is 3. The fraction of sp³-hybridized carbons (Fsp3) is 0.556. The van der Waals surface area contributed by atoms with E-state index in [2.05, 4.69) is 10.6 Å². The lowest BCUT2D eigenvalue weighted by molar-refractivity contribution is -0.137. The third-order valence-electron chi connectivity index (χ3n) is 4.31. The van der Waals surface area contributed by atoms with E-state index in [0.29, 0.717) is 38.2 Å². The maximum Gasteiger partial charge on any atom is 0.416 e. The smallest absolute Gasteiger partial charge is 0.385 e. The van der Waals surface area contributed by atoms with E-state index in [1.807, 2.05) is 0 Å². The van der Waals surface area contributed by atoms with Gasteiger partial charge in [0, 0.05) is 39.9 Å². The van der Waals surface area contributed by atoms with Gasteiger partial charge in [-0.3, -0.25) is 14.5 Å². The Morgan fingerprint density at radius 3 is 2.89 bits per heavy atom. The molecule has 1 saturated heterocycles. The Morgan fingerprint density at radius 1 is 1.41 bits per heavy atom. The lowest BCUT2D eigenvalue weighted by atomic mass is 10.0. The second-order valence-corrected chi connectivity index (χ2v) is 6.38. The maximum absolute atomic E-state index is 12.9. The lowest BCUT2D eigenvalue weighted by Gasteiger charge is -2.34. The molecule has 0 bridgehead atoms. The highest BCUT2D eigenvalue weighted by atomic mass is 19.4. The lowest BCUT2D eigenvalue weighted by Crippen LogP contribution is -2.56. The van der Waals surface area contributed by atoms with Crippen LogP contribution in [0.25, 0.3) is 0 Å². The number of ether oxygens (including phenoxy) is 1. The average Bonchev–Trinajstić information content (AvgIpc) is 2.61. The first-order chi connectivity index (χ1) is 12.8. The topological polar surface area (TPSA) is 70.7 Å². The molecule has 2 rings (SSSR count). The summed E-state index contributed by atoms with van der Waals surface area (Å²) in [5.74, 6) is -0.567. The number of nitrogens with one attached hydrogen (secondary N) is 2. The number of hydrogen-bond donors (Lipinski definition) is 2. The summed E-state index contributed by atoms with van der Waals surface area (Å²) in [6, 6.07) is 4.31. The molecule has 27 heavy (non-hydrogen) atoms. The summed E-state index contributed by atoms with van der Waals surface area (Å²) < 4.78 is 43.6. The Labute approximate surface area is 156 Å². The Bertz CT molecular complexity index is 652. The fourth-order valence-electron chi connectivity index (χ4n) is 2.95. The second kappa shape index (κ2) is 9.70. The van der Waals surface area contributed by atoms with Crippen LogP contribution in [0.3, 0.4) is 0 Å². The molecule has 2 N–H and O–H groups in total. The van der Waals surface area contributed by atoms with Crippen LogP contribution >= 0.6 is 0 Å². The van der Waals surface area contributed by atoms with Crippen molar-refractivity contribution in [2.75, 3.05) is 33.4 Å². The molecule has 1 aromatic rings. The van der Waals surface area contributed by atoms with E-state index >= 15 is 0 Å². The summed E-state index contributed by atoms with van der Waals surface area (Å²) in [6.07, 6.45) is -3.80. The first-order valence-corrected chi connectivity index (χ1v) is 8.75. The molecule has 1 atom stereocenters. The van der Waals surface area contributed by atoms with Gasteiger partial charge in [-0.25, -0.2) is 0 Å². The Kier molecular flexibility index (Phi) is 7.61. The van der Waals surface area contributed by atoms with Gasteiger partial charge in [-0.15, -0.1) is 0 Å². The van der Waals surface area contributed by atoms with Gasteiger partial charge in [0.1, 0.15) is 0 Å². The van der Waals surface area contributed by atoms with Gasteiger partial charge in [0.2, 0.25) is 11.8 Å². The van der Waals surface area contributed by atoms with Crippen LogP contribution in [-0.2, 0) is 27.0 Å². The minimum absolute atomic E-state index is 0.0439. The van der Waals surface area contributed by atoms with Crippen LogP contribution in [0.15, 0.2) is 24.3 Å². The zero-order chi connectivity index (χ0) is 19.9. The maximum atomic E-state index is 12.9. The second-order valence-electron chi connectivity index (χ2n) is 6.38. The molecule has 1 aliphatic rings. The molecule has 6 nitrogen and oxygen atoms in total. The fourth-order valence-corrected chi connectivity index (χ4v) is 2.95. The quantitative estimate of drug-likeness (QED) is 0.664. The monoisotopic (exact) mass is 387 g/mol. The van der Waals surface area contributed by atoms with Gasteiger partial charge >= 0.3 is 6.18 Å². The summed E-state index contributed by atoms with van der Waals surface area (Å²) >= 11 is 0. The van der Waals surface area contributed by atoms with Crippen molar-refractivity contribution < 1.29 is 27.5 Å². The van der Waals surface area contributed by atoms with E-state index < -0.39 is 17.8 Å². The summed E-state index contributed by atoms with van der Waals surface area (Å²) in [5, 5.41) is 5.43. The van der Waals surface area contributed by atoms with Crippen molar-refractivity contribution in [3.8, 4) is 0 Å². The third kappa shape index (κ3) is 6.51. The zero-order valence-electron chi connectivity index (χ0n) is 15.1. The van der Waals surface area contributed by atoms with Crippen LogP contribution in [0.2, 0.25) is 0 Å². The molecular formula is C18H24F3N3O3. The predicted octanol–water partition coefficient (Wildman–Crippen LogP) is 1.55. The van der Waals surface area contributed by atoms with E-state index in [1.165, 1.54) is 6.07 Å². The molecule has 150 valence electrons. The minimum Gasteiger partial charge on any atom is -0.385 e. The number of rotatable bonds is 8. The molecule has 0 saturated carbocycles. The third-order valence-corrected chi connectivity index (χ3v) is 4.31. The first kappa shape index (κ1) is 21.2. The number of nitrogens with zero attached hydrogens (tertiary/aromatic N) is 1. The average molecular weight is 387 g/mol. The van der Waals surface area contributed by atoms with Crippen LogP contribution < -0.4 is 10.6 Å². The van der Waals surface area contributed by atoms with Gasteiger partial charge in [0.15, 0.2) is 0 Å². The van der Waals surface area contributed by atoms with Gasteiger partial charge in [0.25, 0.3) is 0 Å². The SMILES string of the molecule is COCCCNC(=O)C[C@H]1C(=O)NCCN1Cc1cccc(C(F)(F)F)c1. The molecule has 0 spiro atoms. The number of piperazine rings is 1. The molecule has 0 unspecified atom stereocenters. The number of carbonyl (C=O) groups is 2. The number of amides is 2. The summed E-state index contributed by atoms with van der Waals surface area (Å²) in [6.45, 7) is 1.98. The van der Waals surface area contributed by atoms with Crippen molar-refractivity contribution in [3.05, 3.63) is 35.4 Å². The molecule has 0 aliphatic carbocycles. The van der Waals surface area contributed by atoms with E-state index in [1.54, 1.807) is 18.1 Å². The highest BCUT2D eigenvalue weighted by Gasteiger charge is 2.33. The largest absolute Gasteiger partial charge is 0.416 e. The van der Waals surface area contributed by atoms with E-state index in [4.69, 9.17) is 4.74 Å². The Hall–Kier alpha value is -2.13. The number of hydrogen-bond acceptors (Lipinski definition) is 4. The molecule has 1 aromatic carbocycles.